The van der Waals surface area contributed by atoms with E-state index in [0.717, 1.165) is 38.5 Å². The number of unbranched alkanes of at least 4 members (excludes halogenated alkanes) is 62. The van der Waals surface area contributed by atoms with Crippen LogP contribution in [0.25, 0.3) is 0 Å². The normalized spacial score (nSPS) is 12.5. The second-order valence-electron chi connectivity index (χ2n) is 27.4. The minimum absolute atomic E-state index is 0.0228. The Hall–Kier alpha value is -1.40. The Bertz CT molecular complexity index is 1290. The van der Waals surface area contributed by atoms with E-state index in [1.165, 1.54) is 385 Å². The maximum absolute atomic E-state index is 12.6. The van der Waals surface area contributed by atoms with Crippen molar-refractivity contribution >= 4 is 11.9 Å². The van der Waals surface area contributed by atoms with Gasteiger partial charge in [-0.2, -0.15) is 0 Å². The molecule has 0 aromatic rings. The second kappa shape index (κ2) is 75.1. The molecule has 0 saturated carbocycles. The number of aliphatic hydroxyl groups is 2. The maximum Gasteiger partial charge on any atom is 0.305 e. The molecule has 3 N–H and O–H groups in total. The van der Waals surface area contributed by atoms with E-state index < -0.39 is 12.1 Å². The quantitative estimate of drug-likeness (QED) is 0.0320. The predicted octanol–water partition coefficient (Wildman–Crippen LogP) is 25.9. The molecule has 0 aliphatic heterocycles. The van der Waals surface area contributed by atoms with E-state index in [9.17, 15) is 19.8 Å². The molecule has 506 valence electrons. The molecule has 0 aromatic heterocycles. The summed E-state index contributed by atoms with van der Waals surface area (Å²) in [6.07, 6.45) is 94.4. The highest BCUT2D eigenvalue weighted by Gasteiger charge is 2.20. The molecule has 6 heteroatoms. The van der Waals surface area contributed by atoms with Crippen LogP contribution in [0.4, 0.5) is 0 Å². The van der Waals surface area contributed by atoms with Gasteiger partial charge in [0, 0.05) is 12.8 Å². The standard InChI is InChI=1S/C79H155NO5/c1-3-5-7-9-11-13-15-17-19-20-21-37-40-44-47-51-55-59-63-67-71-77(82)76(75-81)80-78(83)72-68-64-60-56-52-48-45-41-38-35-33-31-29-27-25-23-22-24-26-28-30-32-34-36-39-42-46-50-54-58-62-66-70-74-85-79(84)73-69-65-61-57-53-49-43-18-16-14-12-10-8-6-4-2/h26,28,76-77,81-82H,3-25,27,29-75H2,1-2H3,(H,80,83)/b28-26-. The van der Waals surface area contributed by atoms with E-state index in [1.807, 2.05) is 0 Å². The van der Waals surface area contributed by atoms with E-state index in [4.69, 9.17) is 4.74 Å². The molecule has 0 bridgehead atoms. The SMILES string of the molecule is CCCCCCCCCCCCCCCCCCCCCCC(O)C(CO)NC(=O)CCCCCCCCCCCCCCCCCCC/C=C\CCCCCCCCCCCCCCOC(=O)CCCCCCCCCCCCCCCCC. The molecule has 1 amide bonds. The number of esters is 1. The van der Waals surface area contributed by atoms with Crippen LogP contribution in [0.5, 0.6) is 0 Å². The first-order chi connectivity index (χ1) is 42.0. The molecule has 0 aliphatic rings. The van der Waals surface area contributed by atoms with E-state index in [2.05, 4.69) is 31.3 Å². The third-order valence-corrected chi connectivity index (χ3v) is 18.8. The Morgan fingerprint density at radius 3 is 0.835 bits per heavy atom. The van der Waals surface area contributed by atoms with E-state index in [1.54, 1.807) is 0 Å². The van der Waals surface area contributed by atoms with Gasteiger partial charge in [0.05, 0.1) is 25.4 Å². The van der Waals surface area contributed by atoms with Gasteiger partial charge in [-0.3, -0.25) is 9.59 Å². The lowest BCUT2D eigenvalue weighted by atomic mass is 10.0. The number of allylic oxidation sites excluding steroid dienone is 2. The van der Waals surface area contributed by atoms with Crippen molar-refractivity contribution in [3.8, 4) is 0 Å². The van der Waals surface area contributed by atoms with Crippen LogP contribution >= 0.6 is 0 Å². The predicted molar refractivity (Wildman–Crippen MR) is 375 cm³/mol. The molecule has 2 unspecified atom stereocenters. The van der Waals surface area contributed by atoms with Gasteiger partial charge in [0.1, 0.15) is 0 Å². The average molecular weight is 1200 g/mol. The summed E-state index contributed by atoms with van der Waals surface area (Å²) < 4.78 is 5.50. The van der Waals surface area contributed by atoms with Crippen molar-refractivity contribution in [3.05, 3.63) is 12.2 Å². The van der Waals surface area contributed by atoms with Crippen LogP contribution in [0.1, 0.15) is 457 Å². The molecule has 0 fully saturated rings. The van der Waals surface area contributed by atoms with E-state index >= 15 is 0 Å². The maximum atomic E-state index is 12.6. The van der Waals surface area contributed by atoms with Gasteiger partial charge in [-0.25, -0.2) is 0 Å². The number of carbonyl (C=O) groups excluding carboxylic acids is 2. The van der Waals surface area contributed by atoms with Gasteiger partial charge < -0.3 is 20.3 Å². The zero-order chi connectivity index (χ0) is 61.3. The molecule has 6 nitrogen and oxygen atoms in total. The largest absolute Gasteiger partial charge is 0.466 e. The zero-order valence-electron chi connectivity index (χ0n) is 58.1. The van der Waals surface area contributed by atoms with E-state index in [0.29, 0.717) is 25.9 Å². The van der Waals surface area contributed by atoms with Gasteiger partial charge in [-0.15, -0.1) is 0 Å². The smallest absolute Gasteiger partial charge is 0.305 e. The molecule has 0 saturated heterocycles. The first-order valence-electron chi connectivity index (χ1n) is 39.4. The summed E-state index contributed by atoms with van der Waals surface area (Å²) in [6.45, 7) is 5.01. The van der Waals surface area contributed by atoms with Crippen LogP contribution in [0.2, 0.25) is 0 Å². The minimum atomic E-state index is -0.662. The van der Waals surface area contributed by atoms with Crippen molar-refractivity contribution in [1.82, 2.24) is 5.32 Å². The molecule has 85 heavy (non-hydrogen) atoms. The van der Waals surface area contributed by atoms with Crippen molar-refractivity contribution in [3.63, 3.8) is 0 Å². The van der Waals surface area contributed by atoms with E-state index in [-0.39, 0.29) is 18.5 Å². The fourth-order valence-electron chi connectivity index (χ4n) is 12.8. The van der Waals surface area contributed by atoms with Gasteiger partial charge >= 0.3 is 5.97 Å². The third-order valence-electron chi connectivity index (χ3n) is 18.8. The summed E-state index contributed by atoms with van der Waals surface area (Å²) in [6, 6.07) is -0.539. The first kappa shape index (κ1) is 83.6. The molecular weight excluding hydrogens is 1040 g/mol. The van der Waals surface area contributed by atoms with Gasteiger partial charge in [0.15, 0.2) is 0 Å². The molecule has 0 aromatic carbocycles. The lowest BCUT2D eigenvalue weighted by molar-refractivity contribution is -0.143. The fourth-order valence-corrected chi connectivity index (χ4v) is 12.8. The lowest BCUT2D eigenvalue weighted by Crippen LogP contribution is -2.45. The van der Waals surface area contributed by atoms with Crippen molar-refractivity contribution in [2.75, 3.05) is 13.2 Å². The van der Waals surface area contributed by atoms with Crippen LogP contribution in [0.3, 0.4) is 0 Å². The lowest BCUT2D eigenvalue weighted by Gasteiger charge is -2.22. The van der Waals surface area contributed by atoms with Gasteiger partial charge in [-0.05, 0) is 51.4 Å². The highest BCUT2D eigenvalue weighted by Crippen LogP contribution is 2.20. The molecule has 0 heterocycles. The van der Waals surface area contributed by atoms with Crippen LogP contribution in [-0.4, -0.2) is 47.4 Å². The minimum Gasteiger partial charge on any atom is -0.466 e. The Kier molecular flexibility index (Phi) is 73.8. The zero-order valence-corrected chi connectivity index (χ0v) is 58.1. The summed E-state index contributed by atoms with van der Waals surface area (Å²) in [5.74, 6) is -0.00360. The first-order valence-corrected chi connectivity index (χ1v) is 39.4. The third kappa shape index (κ3) is 71.6. The Morgan fingerprint density at radius 1 is 0.318 bits per heavy atom. The van der Waals surface area contributed by atoms with Crippen molar-refractivity contribution in [2.24, 2.45) is 0 Å². The molecule has 0 aliphatic carbocycles. The van der Waals surface area contributed by atoms with Crippen molar-refractivity contribution in [2.45, 2.75) is 469 Å². The fraction of sp³-hybridized carbons (Fsp3) is 0.949. The molecule has 0 rings (SSSR count). The van der Waals surface area contributed by atoms with Gasteiger partial charge in [0.2, 0.25) is 5.91 Å². The molecular formula is C79H155NO5. The average Bonchev–Trinajstić information content (AvgIpc) is 3.51. The Balaban J connectivity index is 3.34. The number of amides is 1. The Morgan fingerprint density at radius 2 is 0.553 bits per heavy atom. The van der Waals surface area contributed by atoms with Gasteiger partial charge in [-0.1, -0.05) is 405 Å². The Labute approximate surface area is 533 Å². The summed E-state index contributed by atoms with van der Waals surface area (Å²) in [4.78, 5) is 24.6. The summed E-state index contributed by atoms with van der Waals surface area (Å²) in [7, 11) is 0. The van der Waals surface area contributed by atoms with Gasteiger partial charge in [0.25, 0.3) is 0 Å². The summed E-state index contributed by atoms with van der Waals surface area (Å²) >= 11 is 0. The number of nitrogens with one attached hydrogen (secondary N) is 1. The number of ether oxygens (including phenoxy) is 1. The summed E-state index contributed by atoms with van der Waals surface area (Å²) in [5.41, 5.74) is 0. The number of carbonyl (C=O) groups is 2. The number of hydrogen-bond acceptors (Lipinski definition) is 5. The number of aliphatic hydroxyl groups excluding tert-OH is 2. The monoisotopic (exact) mass is 1200 g/mol. The van der Waals surface area contributed by atoms with Crippen LogP contribution in [-0.2, 0) is 14.3 Å². The highest BCUT2D eigenvalue weighted by atomic mass is 16.5. The van der Waals surface area contributed by atoms with Crippen LogP contribution in [0.15, 0.2) is 12.2 Å². The molecule has 0 spiro atoms. The van der Waals surface area contributed by atoms with Crippen molar-refractivity contribution in [1.29, 1.82) is 0 Å². The topological polar surface area (TPSA) is 95.9 Å². The highest BCUT2D eigenvalue weighted by molar-refractivity contribution is 5.76. The molecule has 2 atom stereocenters. The summed E-state index contributed by atoms with van der Waals surface area (Å²) in [5, 5.41) is 23.4. The van der Waals surface area contributed by atoms with Crippen LogP contribution in [0, 0.1) is 0 Å². The van der Waals surface area contributed by atoms with Crippen LogP contribution < -0.4 is 5.32 Å². The number of rotatable bonds is 75. The molecule has 0 radical (unpaired) electrons. The number of hydrogen-bond donors (Lipinski definition) is 3. The second-order valence-corrected chi connectivity index (χ2v) is 27.4. The van der Waals surface area contributed by atoms with Crippen molar-refractivity contribution < 1.29 is 24.5 Å².